The Kier molecular flexibility index (Phi) is 5.44. The van der Waals surface area contributed by atoms with E-state index in [2.05, 4.69) is 8.67 Å². The van der Waals surface area contributed by atoms with Gasteiger partial charge in [-0.05, 0) is 0 Å². The number of hydrogen-bond donors (Lipinski definition) is 2. The van der Waals surface area contributed by atoms with Crippen molar-refractivity contribution < 1.29 is 51.7 Å². The van der Waals surface area contributed by atoms with Gasteiger partial charge in [-0.25, -0.2) is 0 Å². The van der Waals surface area contributed by atoms with Crippen LogP contribution in [0, 0.1) is 0 Å². The van der Waals surface area contributed by atoms with Gasteiger partial charge in [0.1, 0.15) is 0 Å². The first-order valence-corrected chi connectivity index (χ1v) is 4.26. The minimum absolute atomic E-state index is 0. The third-order valence-electron chi connectivity index (χ3n) is 0.200. The summed E-state index contributed by atoms with van der Waals surface area (Å²) in [5.41, 5.74) is 0. The summed E-state index contributed by atoms with van der Waals surface area (Å²) < 4.78 is 58.9. The van der Waals surface area contributed by atoms with E-state index in [1.165, 1.54) is 0 Å². The molecule has 1 radical (unpaired) electrons. The Morgan fingerprint density at radius 1 is 0.818 bits per heavy atom. The van der Waals surface area contributed by atoms with E-state index < -0.39 is 20.8 Å². The molecule has 0 aromatic heterocycles. The van der Waals surface area contributed by atoms with Crippen molar-refractivity contribution in [1.82, 2.24) is 0 Å². The van der Waals surface area contributed by atoms with E-state index in [9.17, 15) is 16.8 Å². The maximum absolute atomic E-state index is 9.51. The second-order valence-electron chi connectivity index (χ2n) is 0.992. The number of hydrogen-bond acceptors (Lipinski definition) is 6. The van der Waals surface area contributed by atoms with Gasteiger partial charge in [0, 0.05) is 17.1 Å². The van der Waals surface area contributed by atoms with Crippen LogP contribution in [-0.2, 0) is 46.5 Å². The fourth-order valence-corrected chi connectivity index (χ4v) is 0.632. The molecule has 0 saturated carbocycles. The fourth-order valence-electron chi connectivity index (χ4n) is 0.0702. The molecule has 69 valence electrons. The number of rotatable bonds is 3. The van der Waals surface area contributed by atoms with Gasteiger partial charge >= 0.3 is 20.8 Å². The van der Waals surface area contributed by atoms with Gasteiger partial charge in [0.2, 0.25) is 0 Å². The first-order valence-electron chi connectivity index (χ1n) is 1.53. The van der Waals surface area contributed by atoms with Gasteiger partial charge in [-0.15, -0.1) is 0 Å². The molecule has 0 amide bonds. The third-order valence-corrected chi connectivity index (χ3v) is 0.766. The van der Waals surface area contributed by atoms with Crippen LogP contribution in [0.2, 0.25) is 0 Å². The maximum atomic E-state index is 9.51. The molecule has 11 heavy (non-hydrogen) atoms. The zero-order valence-electron chi connectivity index (χ0n) is 4.54. The molecule has 0 aliphatic heterocycles. The van der Waals surface area contributed by atoms with Gasteiger partial charge in [-0.3, -0.25) is 9.11 Å². The molecule has 0 heterocycles. The van der Waals surface area contributed by atoms with Gasteiger partial charge in [0.15, 0.2) is 0 Å². The standard InChI is InChI=1S/Mn.H2O8S2/c;1-9(2,3)7-8-10(4,5)6/h;(H,1,2,3)(H,4,5,6). The van der Waals surface area contributed by atoms with E-state index >= 15 is 0 Å². The molecule has 0 fully saturated rings. The summed E-state index contributed by atoms with van der Waals surface area (Å²) in [6, 6.07) is 0. The van der Waals surface area contributed by atoms with Crippen molar-refractivity contribution in [2.75, 3.05) is 0 Å². The Hall–Kier alpha value is 0.259. The molecule has 0 unspecified atom stereocenters. The first kappa shape index (κ1) is 13.8. The maximum Gasteiger partial charge on any atom is 0.425 e. The van der Waals surface area contributed by atoms with Crippen LogP contribution in [0.25, 0.3) is 0 Å². The average molecular weight is 249 g/mol. The smallest absolute Gasteiger partial charge is 0.262 e. The second-order valence-corrected chi connectivity index (χ2v) is 2.97. The quantitative estimate of drug-likeness (QED) is 0.269. The monoisotopic (exact) mass is 249 g/mol. The van der Waals surface area contributed by atoms with E-state index in [1.807, 2.05) is 0 Å². The Balaban J connectivity index is 0. The molecular formula is H2MnO8S2. The summed E-state index contributed by atoms with van der Waals surface area (Å²) in [4.78, 5) is 0. The summed E-state index contributed by atoms with van der Waals surface area (Å²) in [5.74, 6) is 0. The van der Waals surface area contributed by atoms with E-state index in [4.69, 9.17) is 9.11 Å². The molecule has 0 aromatic rings. The van der Waals surface area contributed by atoms with Gasteiger partial charge in [-0.2, -0.15) is 16.8 Å². The fraction of sp³-hybridized carbons (Fsp3) is 0. The predicted molar refractivity (Wildman–Crippen MR) is 25.3 cm³/mol. The van der Waals surface area contributed by atoms with Crippen LogP contribution in [0.15, 0.2) is 0 Å². The molecule has 0 bridgehead atoms. The molecule has 0 saturated heterocycles. The third kappa shape index (κ3) is 13.3. The van der Waals surface area contributed by atoms with Crippen LogP contribution in [-0.4, -0.2) is 25.9 Å². The molecular weight excluding hydrogens is 247 g/mol. The summed E-state index contributed by atoms with van der Waals surface area (Å²) in [5, 5.41) is 0. The second kappa shape index (κ2) is 4.33. The largest absolute Gasteiger partial charge is 0.425 e. The van der Waals surface area contributed by atoms with Gasteiger partial charge < -0.3 is 0 Å². The normalized spacial score (nSPS) is 12.2. The van der Waals surface area contributed by atoms with Crippen LogP contribution in [0.1, 0.15) is 0 Å². The Labute approximate surface area is 72.8 Å². The molecule has 2 N–H and O–H groups in total. The SMILES string of the molecule is O=S(=O)(O)OOS(=O)(=O)O.[Mn]. The van der Waals surface area contributed by atoms with E-state index in [-0.39, 0.29) is 17.1 Å². The van der Waals surface area contributed by atoms with Crippen molar-refractivity contribution in [2.24, 2.45) is 0 Å². The van der Waals surface area contributed by atoms with Gasteiger partial charge in [0.05, 0.1) is 0 Å². The first-order chi connectivity index (χ1) is 4.21. The van der Waals surface area contributed by atoms with E-state index in [0.29, 0.717) is 0 Å². The molecule has 0 spiro atoms. The minimum atomic E-state index is -5.02. The van der Waals surface area contributed by atoms with Crippen molar-refractivity contribution in [3.8, 4) is 0 Å². The van der Waals surface area contributed by atoms with Crippen molar-refractivity contribution in [3.63, 3.8) is 0 Å². The zero-order chi connectivity index (χ0) is 8.41. The molecule has 0 atom stereocenters. The van der Waals surface area contributed by atoms with Crippen LogP contribution in [0.4, 0.5) is 0 Å². The Morgan fingerprint density at radius 3 is 1.09 bits per heavy atom. The van der Waals surface area contributed by atoms with Crippen molar-refractivity contribution in [2.45, 2.75) is 0 Å². The van der Waals surface area contributed by atoms with Crippen LogP contribution in [0.5, 0.6) is 0 Å². The predicted octanol–water partition coefficient (Wildman–Crippen LogP) is -1.46. The topological polar surface area (TPSA) is 127 Å². The van der Waals surface area contributed by atoms with Gasteiger partial charge in [-0.1, -0.05) is 8.67 Å². The van der Waals surface area contributed by atoms with Crippen molar-refractivity contribution in [3.05, 3.63) is 0 Å². The summed E-state index contributed by atoms with van der Waals surface area (Å²) in [7, 11) is -10.0. The molecule has 0 aliphatic carbocycles. The van der Waals surface area contributed by atoms with Gasteiger partial charge in [0.25, 0.3) is 0 Å². The van der Waals surface area contributed by atoms with E-state index in [1.54, 1.807) is 0 Å². The molecule has 11 heteroatoms. The summed E-state index contributed by atoms with van der Waals surface area (Å²) in [6.07, 6.45) is 0. The molecule has 0 aliphatic rings. The molecule has 0 rings (SSSR count). The molecule has 0 aromatic carbocycles. The average Bonchev–Trinajstić information content (AvgIpc) is 1.57. The Morgan fingerprint density at radius 2 is 1.00 bits per heavy atom. The van der Waals surface area contributed by atoms with Crippen LogP contribution < -0.4 is 0 Å². The van der Waals surface area contributed by atoms with E-state index in [0.717, 1.165) is 0 Å². The summed E-state index contributed by atoms with van der Waals surface area (Å²) >= 11 is 0. The zero-order valence-corrected chi connectivity index (χ0v) is 7.35. The van der Waals surface area contributed by atoms with Crippen molar-refractivity contribution in [1.29, 1.82) is 0 Å². The van der Waals surface area contributed by atoms with Crippen LogP contribution >= 0.6 is 0 Å². The Bertz CT molecular complexity index is 248. The summed E-state index contributed by atoms with van der Waals surface area (Å²) in [6.45, 7) is 0. The minimum Gasteiger partial charge on any atom is -0.262 e. The molecule has 8 nitrogen and oxygen atoms in total. The van der Waals surface area contributed by atoms with Crippen molar-refractivity contribution >= 4 is 20.8 Å². The van der Waals surface area contributed by atoms with Crippen LogP contribution in [0.3, 0.4) is 0 Å².